The van der Waals surface area contributed by atoms with Crippen LogP contribution in [0, 0.1) is 5.92 Å². The summed E-state index contributed by atoms with van der Waals surface area (Å²) in [5.74, 6) is 0.186. The van der Waals surface area contributed by atoms with Crippen LogP contribution in [0.25, 0.3) is 0 Å². The molecule has 1 saturated heterocycles. The van der Waals surface area contributed by atoms with Gasteiger partial charge in [-0.25, -0.2) is 0 Å². The Bertz CT molecular complexity index is 240. The van der Waals surface area contributed by atoms with Crippen molar-refractivity contribution in [3.8, 4) is 0 Å². The van der Waals surface area contributed by atoms with Gasteiger partial charge in [0.25, 0.3) is 0 Å². The van der Waals surface area contributed by atoms with Crippen LogP contribution in [0.4, 0.5) is 0 Å². The zero-order chi connectivity index (χ0) is 11.3. The summed E-state index contributed by atoms with van der Waals surface area (Å²) in [5.41, 5.74) is 0. The van der Waals surface area contributed by atoms with Gasteiger partial charge in [-0.15, -0.1) is 12.4 Å². The number of nitrogens with zero attached hydrogens (tertiary/aromatic N) is 1. The predicted octanol–water partition coefficient (Wildman–Crippen LogP) is -0.388. The Morgan fingerprint density at radius 2 is 2.12 bits per heavy atom. The van der Waals surface area contributed by atoms with Crippen LogP contribution in [0.5, 0.6) is 0 Å². The predicted molar refractivity (Wildman–Crippen MR) is 64.5 cm³/mol. The van der Waals surface area contributed by atoms with E-state index in [0.717, 1.165) is 19.5 Å². The molecular weight excluding hydrogens is 230 g/mol. The third-order valence-electron chi connectivity index (χ3n) is 2.57. The molecule has 0 aromatic heterocycles. The maximum Gasteiger partial charge on any atom is 0.224 e. The van der Waals surface area contributed by atoms with Gasteiger partial charge in [0.05, 0.1) is 5.92 Å². The zero-order valence-corrected chi connectivity index (χ0v) is 10.6. The molecule has 1 rings (SSSR count). The minimum absolute atomic E-state index is 0. The minimum atomic E-state index is 0. The van der Waals surface area contributed by atoms with Crippen LogP contribution < -0.4 is 10.6 Å². The van der Waals surface area contributed by atoms with E-state index in [1.807, 2.05) is 0 Å². The number of carbonyl (C=O) groups is 2. The third kappa shape index (κ3) is 4.81. The lowest BCUT2D eigenvalue weighted by Gasteiger charge is -2.12. The maximum absolute atomic E-state index is 11.5. The highest BCUT2D eigenvalue weighted by Gasteiger charge is 2.21. The normalized spacial score (nSPS) is 18.8. The van der Waals surface area contributed by atoms with Gasteiger partial charge >= 0.3 is 0 Å². The van der Waals surface area contributed by atoms with Gasteiger partial charge in [0, 0.05) is 33.6 Å². The van der Waals surface area contributed by atoms with E-state index in [0.29, 0.717) is 13.0 Å². The fraction of sp³-hybridized carbons (Fsp3) is 0.800. The average Bonchev–Trinajstić information content (AvgIpc) is 2.70. The molecule has 6 heteroatoms. The van der Waals surface area contributed by atoms with Crippen LogP contribution in [-0.4, -0.2) is 50.4 Å². The summed E-state index contributed by atoms with van der Waals surface area (Å²) in [5, 5.41) is 5.92. The number of nitrogens with one attached hydrogen (secondary N) is 2. The van der Waals surface area contributed by atoms with Crippen LogP contribution in [0.2, 0.25) is 0 Å². The molecule has 0 bridgehead atoms. The van der Waals surface area contributed by atoms with E-state index >= 15 is 0 Å². The van der Waals surface area contributed by atoms with Gasteiger partial charge in [-0.2, -0.15) is 0 Å². The minimum Gasteiger partial charge on any atom is -0.355 e. The SMILES string of the molecule is CN(C)C(=O)CCNC(=O)[C@@H]1CCNC1.Cl. The number of hydrogen-bond acceptors (Lipinski definition) is 3. The van der Waals surface area contributed by atoms with Crippen molar-refractivity contribution in [2.24, 2.45) is 5.92 Å². The molecular formula is C10H20ClN3O2. The Morgan fingerprint density at radius 1 is 1.44 bits per heavy atom. The summed E-state index contributed by atoms with van der Waals surface area (Å²) in [6.07, 6.45) is 1.27. The molecule has 1 fully saturated rings. The van der Waals surface area contributed by atoms with Crippen LogP contribution in [-0.2, 0) is 9.59 Å². The molecule has 0 saturated carbocycles. The Kier molecular flexibility index (Phi) is 7.08. The van der Waals surface area contributed by atoms with Gasteiger partial charge in [0.2, 0.25) is 11.8 Å². The van der Waals surface area contributed by atoms with E-state index in [9.17, 15) is 9.59 Å². The monoisotopic (exact) mass is 249 g/mol. The summed E-state index contributed by atoms with van der Waals surface area (Å²) in [4.78, 5) is 24.3. The smallest absolute Gasteiger partial charge is 0.224 e. The Hall–Kier alpha value is -0.810. The standard InChI is InChI=1S/C10H19N3O2.ClH/c1-13(2)9(14)4-6-12-10(15)8-3-5-11-7-8;/h8,11H,3-7H2,1-2H3,(H,12,15);1H/t8-;/m1./s1. The van der Waals surface area contributed by atoms with Gasteiger partial charge < -0.3 is 15.5 Å². The highest BCUT2D eigenvalue weighted by atomic mass is 35.5. The molecule has 2 N–H and O–H groups in total. The second-order valence-corrected chi connectivity index (χ2v) is 4.02. The van der Waals surface area contributed by atoms with Crippen molar-refractivity contribution in [3.05, 3.63) is 0 Å². The Morgan fingerprint density at radius 3 is 2.62 bits per heavy atom. The molecule has 2 amide bonds. The lowest BCUT2D eigenvalue weighted by Crippen LogP contribution is -2.34. The van der Waals surface area contributed by atoms with E-state index in [4.69, 9.17) is 0 Å². The largest absolute Gasteiger partial charge is 0.355 e. The fourth-order valence-electron chi connectivity index (χ4n) is 1.54. The van der Waals surface area contributed by atoms with Crippen LogP contribution in [0.1, 0.15) is 12.8 Å². The van der Waals surface area contributed by atoms with Crippen molar-refractivity contribution in [2.45, 2.75) is 12.8 Å². The van der Waals surface area contributed by atoms with Crippen molar-refractivity contribution >= 4 is 24.2 Å². The first kappa shape index (κ1) is 15.2. The Labute approximate surface area is 102 Å². The highest BCUT2D eigenvalue weighted by molar-refractivity contribution is 5.85. The number of amides is 2. The van der Waals surface area contributed by atoms with Crippen molar-refractivity contribution < 1.29 is 9.59 Å². The molecule has 0 radical (unpaired) electrons. The second kappa shape index (κ2) is 7.46. The molecule has 1 atom stereocenters. The average molecular weight is 250 g/mol. The third-order valence-corrected chi connectivity index (χ3v) is 2.57. The molecule has 5 nitrogen and oxygen atoms in total. The van der Waals surface area contributed by atoms with Gasteiger partial charge in [0.15, 0.2) is 0 Å². The topological polar surface area (TPSA) is 61.4 Å². The van der Waals surface area contributed by atoms with E-state index in [-0.39, 0.29) is 30.1 Å². The molecule has 1 heterocycles. The van der Waals surface area contributed by atoms with Crippen molar-refractivity contribution in [2.75, 3.05) is 33.7 Å². The van der Waals surface area contributed by atoms with Crippen molar-refractivity contribution in [1.82, 2.24) is 15.5 Å². The second-order valence-electron chi connectivity index (χ2n) is 4.02. The molecule has 1 aliphatic rings. The molecule has 0 spiro atoms. The van der Waals surface area contributed by atoms with E-state index < -0.39 is 0 Å². The van der Waals surface area contributed by atoms with E-state index in [2.05, 4.69) is 10.6 Å². The highest BCUT2D eigenvalue weighted by Crippen LogP contribution is 2.06. The summed E-state index contributed by atoms with van der Waals surface area (Å²) in [6, 6.07) is 0. The van der Waals surface area contributed by atoms with Gasteiger partial charge in [0.1, 0.15) is 0 Å². The summed E-state index contributed by atoms with van der Waals surface area (Å²) in [6.45, 7) is 2.11. The summed E-state index contributed by atoms with van der Waals surface area (Å²) < 4.78 is 0. The summed E-state index contributed by atoms with van der Waals surface area (Å²) in [7, 11) is 3.43. The molecule has 1 aliphatic heterocycles. The molecule has 0 unspecified atom stereocenters. The first-order chi connectivity index (χ1) is 7.11. The van der Waals surface area contributed by atoms with E-state index in [1.54, 1.807) is 14.1 Å². The van der Waals surface area contributed by atoms with Crippen LogP contribution >= 0.6 is 12.4 Å². The zero-order valence-electron chi connectivity index (χ0n) is 9.78. The number of carbonyl (C=O) groups excluding carboxylic acids is 2. The first-order valence-electron chi connectivity index (χ1n) is 5.30. The number of rotatable bonds is 4. The molecule has 94 valence electrons. The van der Waals surface area contributed by atoms with Crippen molar-refractivity contribution in [1.29, 1.82) is 0 Å². The first-order valence-corrected chi connectivity index (χ1v) is 5.30. The van der Waals surface area contributed by atoms with Crippen LogP contribution in [0.15, 0.2) is 0 Å². The van der Waals surface area contributed by atoms with Crippen LogP contribution in [0.3, 0.4) is 0 Å². The molecule has 16 heavy (non-hydrogen) atoms. The molecule has 0 aromatic carbocycles. The van der Waals surface area contributed by atoms with Gasteiger partial charge in [-0.1, -0.05) is 0 Å². The summed E-state index contributed by atoms with van der Waals surface area (Å²) >= 11 is 0. The molecule has 0 aromatic rings. The Balaban J connectivity index is 0.00000225. The maximum atomic E-state index is 11.5. The lowest BCUT2D eigenvalue weighted by atomic mass is 10.1. The molecule has 0 aliphatic carbocycles. The van der Waals surface area contributed by atoms with Gasteiger partial charge in [-0.05, 0) is 13.0 Å². The number of hydrogen-bond donors (Lipinski definition) is 2. The quantitative estimate of drug-likeness (QED) is 0.714. The van der Waals surface area contributed by atoms with Crippen molar-refractivity contribution in [3.63, 3.8) is 0 Å². The fourth-order valence-corrected chi connectivity index (χ4v) is 1.54. The number of halogens is 1. The van der Waals surface area contributed by atoms with E-state index in [1.165, 1.54) is 4.90 Å². The van der Waals surface area contributed by atoms with Gasteiger partial charge in [-0.3, -0.25) is 9.59 Å². The lowest BCUT2D eigenvalue weighted by molar-refractivity contribution is -0.129.